The summed E-state index contributed by atoms with van der Waals surface area (Å²) < 4.78 is 15.7. The summed E-state index contributed by atoms with van der Waals surface area (Å²) in [6, 6.07) is 8.91. The predicted molar refractivity (Wildman–Crippen MR) is 123 cm³/mol. The first-order chi connectivity index (χ1) is 14.9. The lowest BCUT2D eigenvalue weighted by Gasteiger charge is -2.21. The van der Waals surface area contributed by atoms with Gasteiger partial charge in [0.1, 0.15) is 17.8 Å². The number of hydrogen-bond acceptors (Lipinski definition) is 8. The fraction of sp³-hybridized carbons (Fsp3) is 0.318. The molecule has 2 aromatic carbocycles. The van der Waals surface area contributed by atoms with Gasteiger partial charge in [0.05, 0.1) is 36.4 Å². The minimum atomic E-state index is -0.475. The van der Waals surface area contributed by atoms with Crippen molar-refractivity contribution < 1.29 is 28.9 Å². The van der Waals surface area contributed by atoms with Crippen LogP contribution < -0.4 is 9.47 Å². The van der Waals surface area contributed by atoms with Gasteiger partial charge in [-0.1, -0.05) is 7.43 Å². The van der Waals surface area contributed by atoms with Crippen LogP contribution in [0, 0.1) is 20.2 Å². The molecule has 0 amide bonds. The molecule has 4 rings (SSSR count). The molecule has 0 spiro atoms. The van der Waals surface area contributed by atoms with Gasteiger partial charge in [-0.2, -0.15) is 0 Å². The molecule has 0 saturated carbocycles. The predicted octanol–water partition coefficient (Wildman–Crippen LogP) is 4.28. The summed E-state index contributed by atoms with van der Waals surface area (Å²) in [6.07, 6.45) is 3.69. The van der Waals surface area contributed by atoms with Crippen molar-refractivity contribution in [3.8, 4) is 11.5 Å². The van der Waals surface area contributed by atoms with Crippen molar-refractivity contribution in [2.24, 2.45) is 0 Å². The van der Waals surface area contributed by atoms with Crippen LogP contribution in [-0.2, 0) is 9.53 Å². The number of aldehydes is 1. The number of hydrogen-bond donors (Lipinski definition) is 0. The third kappa shape index (κ3) is 6.31. The van der Waals surface area contributed by atoms with E-state index in [-0.39, 0.29) is 33.1 Å². The summed E-state index contributed by atoms with van der Waals surface area (Å²) in [5, 5.41) is 21.2. The topological polar surface area (TPSA) is 131 Å². The molecule has 11 heteroatoms. The van der Waals surface area contributed by atoms with E-state index < -0.39 is 9.85 Å². The Bertz CT molecular complexity index is 1040. The standard InChI is InChI=1S/C11H11NO4.C10H9NO4.CH4.B/c1-15-7-8-4-5-16-11-3-2-9(12(13)14)6-10(8)11;12-6-7-3-4-15-10-2-1-8(11(13)14)5-9(7)10;;/h2-3,6-7H,4-5H2,1H3;1-2,5-7H,3-4H2;1H4;. The molecule has 2 aromatic rings. The Morgan fingerprint density at radius 2 is 1.61 bits per heavy atom. The molecule has 0 bridgehead atoms. The van der Waals surface area contributed by atoms with Crippen LogP contribution in [0.2, 0.25) is 0 Å². The average Bonchev–Trinajstić information content (AvgIpc) is 2.78. The second-order valence-electron chi connectivity index (χ2n) is 6.77. The van der Waals surface area contributed by atoms with Crippen LogP contribution in [0.25, 0.3) is 5.57 Å². The maximum Gasteiger partial charge on any atom is 0.270 e. The molecular formula is C22H24BN2O8. The molecule has 0 saturated heterocycles. The monoisotopic (exact) mass is 455 g/mol. The highest BCUT2D eigenvalue weighted by molar-refractivity contribution is 5.75. The van der Waals surface area contributed by atoms with Crippen LogP contribution in [0.15, 0.2) is 42.7 Å². The molecule has 2 aliphatic heterocycles. The number of nitro benzene ring substituents is 2. The van der Waals surface area contributed by atoms with E-state index in [4.69, 9.17) is 14.2 Å². The minimum Gasteiger partial charge on any atom is -0.504 e. The lowest BCUT2D eigenvalue weighted by molar-refractivity contribution is -0.385. The van der Waals surface area contributed by atoms with Gasteiger partial charge in [-0.05, 0) is 18.6 Å². The Kier molecular flexibility index (Phi) is 10.1. The van der Waals surface area contributed by atoms with Gasteiger partial charge in [0.15, 0.2) is 0 Å². The maximum absolute atomic E-state index is 10.8. The van der Waals surface area contributed by atoms with Crippen LogP contribution in [0.5, 0.6) is 11.5 Å². The number of non-ortho nitro benzene ring substituents is 2. The number of carbonyl (C=O) groups is 1. The maximum atomic E-state index is 10.8. The quantitative estimate of drug-likeness (QED) is 0.220. The molecule has 0 aliphatic carbocycles. The number of benzene rings is 2. The molecule has 10 nitrogen and oxygen atoms in total. The highest BCUT2D eigenvalue weighted by Crippen LogP contribution is 2.36. The van der Waals surface area contributed by atoms with Crippen molar-refractivity contribution >= 4 is 31.6 Å². The third-order valence-corrected chi connectivity index (χ3v) is 4.86. The first-order valence-electron chi connectivity index (χ1n) is 9.44. The molecule has 2 aliphatic rings. The Balaban J connectivity index is 0.000000312. The van der Waals surface area contributed by atoms with E-state index in [1.165, 1.54) is 24.3 Å². The lowest BCUT2D eigenvalue weighted by Crippen LogP contribution is -2.15. The van der Waals surface area contributed by atoms with E-state index >= 15 is 0 Å². The molecule has 3 radical (unpaired) electrons. The zero-order valence-electron chi connectivity index (χ0n) is 17.3. The van der Waals surface area contributed by atoms with Crippen molar-refractivity contribution in [1.82, 2.24) is 0 Å². The van der Waals surface area contributed by atoms with Crippen LogP contribution in [0.4, 0.5) is 11.4 Å². The van der Waals surface area contributed by atoms with Crippen LogP contribution in [0.3, 0.4) is 0 Å². The number of nitro groups is 2. The van der Waals surface area contributed by atoms with Crippen molar-refractivity contribution in [3.05, 3.63) is 74.0 Å². The van der Waals surface area contributed by atoms with Gasteiger partial charge in [0, 0.05) is 61.7 Å². The molecule has 1 unspecified atom stereocenters. The number of rotatable bonds is 4. The van der Waals surface area contributed by atoms with Crippen molar-refractivity contribution in [2.75, 3.05) is 20.3 Å². The third-order valence-electron chi connectivity index (χ3n) is 4.86. The van der Waals surface area contributed by atoms with E-state index in [0.29, 0.717) is 43.1 Å². The van der Waals surface area contributed by atoms with Gasteiger partial charge < -0.3 is 19.0 Å². The first kappa shape index (κ1) is 27.1. The highest BCUT2D eigenvalue weighted by Gasteiger charge is 2.23. The fourth-order valence-corrected chi connectivity index (χ4v) is 3.34. The first-order valence-corrected chi connectivity index (χ1v) is 9.44. The fourth-order valence-electron chi connectivity index (χ4n) is 3.34. The normalized spacial score (nSPS) is 16.5. The SMILES string of the molecule is C.COC=C1CCOc2ccc([N+](=O)[O-])cc21.O=CC1CCOc2ccc([N+](=O)[O-])cc21.[B]. The highest BCUT2D eigenvalue weighted by atomic mass is 16.6. The zero-order valence-corrected chi connectivity index (χ0v) is 17.3. The summed E-state index contributed by atoms with van der Waals surface area (Å²) in [5.41, 5.74) is 2.33. The Morgan fingerprint density at radius 3 is 2.21 bits per heavy atom. The summed E-state index contributed by atoms with van der Waals surface area (Å²) in [5.74, 6) is 0.956. The molecule has 33 heavy (non-hydrogen) atoms. The summed E-state index contributed by atoms with van der Waals surface area (Å²) in [6.45, 7) is 1.05. The molecule has 0 fully saturated rings. The largest absolute Gasteiger partial charge is 0.504 e. The smallest absolute Gasteiger partial charge is 0.270 e. The summed E-state index contributed by atoms with van der Waals surface area (Å²) in [4.78, 5) is 31.1. The van der Waals surface area contributed by atoms with E-state index in [1.54, 1.807) is 25.5 Å². The van der Waals surface area contributed by atoms with E-state index in [0.717, 1.165) is 17.4 Å². The summed E-state index contributed by atoms with van der Waals surface area (Å²) in [7, 11) is 1.56. The van der Waals surface area contributed by atoms with E-state index in [2.05, 4.69) is 0 Å². The van der Waals surface area contributed by atoms with Crippen LogP contribution in [-0.4, -0.2) is 44.9 Å². The Labute approximate surface area is 193 Å². The van der Waals surface area contributed by atoms with Gasteiger partial charge in [0.2, 0.25) is 0 Å². The van der Waals surface area contributed by atoms with E-state index in [1.807, 2.05) is 0 Å². The average molecular weight is 455 g/mol. The number of nitrogens with zero attached hydrogens (tertiary/aromatic N) is 2. The van der Waals surface area contributed by atoms with Gasteiger partial charge in [-0.3, -0.25) is 20.2 Å². The number of ether oxygens (including phenoxy) is 3. The molecule has 0 aromatic heterocycles. The van der Waals surface area contributed by atoms with Crippen molar-refractivity contribution in [3.63, 3.8) is 0 Å². The number of carbonyl (C=O) groups excluding carboxylic acids is 1. The number of fused-ring (bicyclic) bond motifs is 2. The summed E-state index contributed by atoms with van der Waals surface area (Å²) >= 11 is 0. The van der Waals surface area contributed by atoms with Crippen LogP contribution in [0.1, 0.15) is 37.3 Å². The molecule has 0 N–H and O–H groups in total. The van der Waals surface area contributed by atoms with Crippen molar-refractivity contribution in [2.45, 2.75) is 26.2 Å². The second-order valence-corrected chi connectivity index (χ2v) is 6.77. The lowest BCUT2D eigenvalue weighted by atomic mass is 9.94. The number of methoxy groups -OCH3 is 1. The molecule has 173 valence electrons. The minimum absolute atomic E-state index is 0. The van der Waals surface area contributed by atoms with Gasteiger partial charge in [-0.15, -0.1) is 0 Å². The Morgan fingerprint density at radius 1 is 1.00 bits per heavy atom. The molecular weight excluding hydrogens is 431 g/mol. The van der Waals surface area contributed by atoms with Gasteiger partial charge >= 0.3 is 0 Å². The van der Waals surface area contributed by atoms with E-state index in [9.17, 15) is 25.0 Å². The van der Waals surface area contributed by atoms with Crippen LogP contribution >= 0.6 is 0 Å². The van der Waals surface area contributed by atoms with Gasteiger partial charge in [-0.25, -0.2) is 0 Å². The van der Waals surface area contributed by atoms with Crippen molar-refractivity contribution in [1.29, 1.82) is 0 Å². The zero-order chi connectivity index (χ0) is 22.4. The molecule has 2 heterocycles. The molecule has 1 atom stereocenters. The van der Waals surface area contributed by atoms with Gasteiger partial charge in [0.25, 0.3) is 11.4 Å². The second kappa shape index (κ2) is 12.2. The Hall–Kier alpha value is -3.89.